The summed E-state index contributed by atoms with van der Waals surface area (Å²) in [5.74, 6) is 0.706. The molecule has 2 heterocycles. The Labute approximate surface area is 141 Å². The van der Waals surface area contributed by atoms with Crippen molar-refractivity contribution in [3.63, 3.8) is 0 Å². The lowest BCUT2D eigenvalue weighted by Gasteiger charge is -2.21. The number of aliphatic hydroxyl groups excluding tert-OH is 1. The van der Waals surface area contributed by atoms with Gasteiger partial charge in [-0.15, -0.1) is 24.8 Å². The summed E-state index contributed by atoms with van der Waals surface area (Å²) in [6.07, 6.45) is 3.35. The summed E-state index contributed by atoms with van der Waals surface area (Å²) in [5, 5.41) is 14.4. The lowest BCUT2D eigenvalue weighted by atomic mass is 10.1. The van der Waals surface area contributed by atoms with Gasteiger partial charge in [-0.3, -0.25) is 0 Å². The number of hydrogen-bond acceptors (Lipinski definition) is 4. The SMILES string of the molecule is C=CCC1C(O)N(c2cc(C(C)(Cl)CC)on2)C(=O)N1CC=C. The third-order valence-electron chi connectivity index (χ3n) is 4.12. The van der Waals surface area contributed by atoms with Gasteiger partial charge in [0, 0.05) is 12.6 Å². The Bertz CT molecular complexity index is 599. The van der Waals surface area contributed by atoms with E-state index in [9.17, 15) is 9.90 Å². The molecule has 0 radical (unpaired) electrons. The van der Waals surface area contributed by atoms with Crippen LogP contribution in [0.2, 0.25) is 0 Å². The highest BCUT2D eigenvalue weighted by atomic mass is 35.5. The van der Waals surface area contributed by atoms with Crippen LogP contribution in [0.5, 0.6) is 0 Å². The van der Waals surface area contributed by atoms with Crippen molar-refractivity contribution in [3.05, 3.63) is 37.1 Å². The van der Waals surface area contributed by atoms with E-state index in [-0.39, 0.29) is 11.8 Å². The van der Waals surface area contributed by atoms with Crippen LogP contribution in [0, 0.1) is 0 Å². The van der Waals surface area contributed by atoms with E-state index in [2.05, 4.69) is 18.3 Å². The first-order valence-electron chi connectivity index (χ1n) is 7.53. The number of alkyl halides is 1. The van der Waals surface area contributed by atoms with Crippen molar-refractivity contribution in [3.8, 4) is 0 Å². The van der Waals surface area contributed by atoms with Gasteiger partial charge in [0.1, 0.15) is 4.87 Å². The minimum absolute atomic E-state index is 0.249. The molecule has 1 aromatic heterocycles. The van der Waals surface area contributed by atoms with Gasteiger partial charge in [-0.1, -0.05) is 24.2 Å². The lowest BCUT2D eigenvalue weighted by molar-refractivity contribution is 0.124. The molecule has 23 heavy (non-hydrogen) atoms. The first-order valence-corrected chi connectivity index (χ1v) is 7.91. The molecule has 0 saturated carbocycles. The maximum Gasteiger partial charge on any atom is 0.328 e. The third kappa shape index (κ3) is 3.14. The van der Waals surface area contributed by atoms with Crippen LogP contribution in [-0.2, 0) is 4.87 Å². The summed E-state index contributed by atoms with van der Waals surface area (Å²) in [5.41, 5.74) is 0. The zero-order chi connectivity index (χ0) is 17.2. The predicted octanol–water partition coefficient (Wildman–Crippen LogP) is 3.23. The summed E-state index contributed by atoms with van der Waals surface area (Å²) in [7, 11) is 0. The Morgan fingerprint density at radius 3 is 2.78 bits per heavy atom. The van der Waals surface area contributed by atoms with Gasteiger partial charge >= 0.3 is 6.03 Å². The summed E-state index contributed by atoms with van der Waals surface area (Å²) in [6, 6.07) is 0.837. The van der Waals surface area contributed by atoms with E-state index in [1.807, 2.05) is 13.8 Å². The Hall–Kier alpha value is -1.79. The molecular weight excluding hydrogens is 318 g/mol. The van der Waals surface area contributed by atoms with Crippen molar-refractivity contribution < 1.29 is 14.4 Å². The highest BCUT2D eigenvalue weighted by Gasteiger charge is 2.46. The van der Waals surface area contributed by atoms with Gasteiger partial charge in [0.2, 0.25) is 0 Å². The highest BCUT2D eigenvalue weighted by Crippen LogP contribution is 2.36. The van der Waals surface area contributed by atoms with E-state index in [0.717, 1.165) is 0 Å². The number of aliphatic hydroxyl groups is 1. The summed E-state index contributed by atoms with van der Waals surface area (Å²) in [4.78, 5) is 14.7. The van der Waals surface area contributed by atoms with Gasteiger partial charge in [0.15, 0.2) is 17.8 Å². The van der Waals surface area contributed by atoms with E-state index >= 15 is 0 Å². The molecule has 1 N–H and O–H groups in total. The Morgan fingerprint density at radius 1 is 1.52 bits per heavy atom. The number of halogens is 1. The van der Waals surface area contributed by atoms with Crippen molar-refractivity contribution in [1.82, 2.24) is 10.1 Å². The second kappa shape index (κ2) is 6.76. The zero-order valence-corrected chi connectivity index (χ0v) is 14.2. The van der Waals surface area contributed by atoms with E-state index in [0.29, 0.717) is 25.1 Å². The van der Waals surface area contributed by atoms with Gasteiger partial charge in [-0.25, -0.2) is 9.69 Å². The molecule has 0 aromatic carbocycles. The number of anilines is 1. The van der Waals surface area contributed by atoms with Crippen LogP contribution < -0.4 is 4.90 Å². The molecule has 1 saturated heterocycles. The molecule has 6 nitrogen and oxygen atoms in total. The smallest absolute Gasteiger partial charge is 0.328 e. The summed E-state index contributed by atoms with van der Waals surface area (Å²) in [6.45, 7) is 11.4. The fourth-order valence-corrected chi connectivity index (χ4v) is 2.62. The molecule has 1 aromatic rings. The fourth-order valence-electron chi connectivity index (χ4n) is 2.53. The molecule has 0 aliphatic carbocycles. The van der Waals surface area contributed by atoms with E-state index in [1.54, 1.807) is 18.2 Å². The van der Waals surface area contributed by atoms with Crippen LogP contribution in [0.4, 0.5) is 10.6 Å². The van der Waals surface area contributed by atoms with Crippen molar-refractivity contribution in [2.75, 3.05) is 11.4 Å². The first kappa shape index (κ1) is 17.6. The van der Waals surface area contributed by atoms with Gasteiger partial charge in [0.05, 0.1) is 6.04 Å². The standard InChI is InChI=1S/C16H22ClN3O3/c1-5-8-11-14(21)20(15(22)19(11)9-6-2)13-10-12(23-18-13)16(4,17)7-3/h5-6,10-11,14,21H,1-2,7-9H2,3-4H3. The Balaban J connectivity index is 2.33. The number of urea groups is 1. The number of hydrogen-bond donors (Lipinski definition) is 1. The van der Waals surface area contributed by atoms with Crippen LogP contribution in [0.15, 0.2) is 35.9 Å². The molecule has 7 heteroatoms. The second-order valence-electron chi connectivity index (χ2n) is 5.70. The number of nitrogens with zero attached hydrogens (tertiary/aromatic N) is 3. The Morgan fingerprint density at radius 2 is 2.22 bits per heavy atom. The normalized spacial score (nSPS) is 23.9. The van der Waals surface area contributed by atoms with Crippen LogP contribution in [0.3, 0.4) is 0 Å². The third-order valence-corrected chi connectivity index (χ3v) is 4.57. The zero-order valence-electron chi connectivity index (χ0n) is 13.4. The van der Waals surface area contributed by atoms with E-state index in [1.165, 1.54) is 9.80 Å². The quantitative estimate of drug-likeness (QED) is 0.611. The first-order chi connectivity index (χ1) is 10.9. The fraction of sp³-hybridized carbons (Fsp3) is 0.500. The lowest BCUT2D eigenvalue weighted by Crippen LogP contribution is -2.37. The van der Waals surface area contributed by atoms with Crippen LogP contribution in [0.25, 0.3) is 0 Å². The molecule has 1 aliphatic heterocycles. The average Bonchev–Trinajstić information content (AvgIpc) is 3.08. The highest BCUT2D eigenvalue weighted by molar-refractivity contribution is 6.23. The van der Waals surface area contributed by atoms with Gasteiger partial charge < -0.3 is 14.5 Å². The maximum atomic E-state index is 12.6. The second-order valence-corrected chi connectivity index (χ2v) is 6.53. The van der Waals surface area contributed by atoms with Crippen molar-refractivity contribution >= 4 is 23.4 Å². The van der Waals surface area contributed by atoms with Crippen LogP contribution in [-0.4, -0.2) is 40.0 Å². The number of rotatable bonds is 7. The molecule has 126 valence electrons. The largest absolute Gasteiger partial charge is 0.371 e. The van der Waals surface area contributed by atoms with E-state index in [4.69, 9.17) is 16.1 Å². The monoisotopic (exact) mass is 339 g/mol. The van der Waals surface area contributed by atoms with Gasteiger partial charge in [0.25, 0.3) is 0 Å². The molecule has 1 fully saturated rings. The maximum absolute atomic E-state index is 12.6. The topological polar surface area (TPSA) is 69.8 Å². The molecule has 2 amide bonds. The Kier molecular flexibility index (Phi) is 5.16. The predicted molar refractivity (Wildman–Crippen MR) is 89.4 cm³/mol. The minimum Gasteiger partial charge on any atom is -0.371 e. The van der Waals surface area contributed by atoms with Crippen molar-refractivity contribution in [2.45, 2.75) is 43.8 Å². The van der Waals surface area contributed by atoms with Gasteiger partial charge in [-0.2, -0.15) is 0 Å². The van der Waals surface area contributed by atoms with Gasteiger partial charge in [-0.05, 0) is 19.8 Å². The molecule has 1 aliphatic rings. The minimum atomic E-state index is -1.04. The molecule has 3 atom stereocenters. The van der Waals surface area contributed by atoms with E-state index < -0.39 is 17.1 Å². The number of carbonyl (C=O) groups is 1. The number of aromatic nitrogens is 1. The molecule has 0 spiro atoms. The number of carbonyl (C=O) groups excluding carboxylic acids is 1. The summed E-state index contributed by atoms with van der Waals surface area (Å²) >= 11 is 6.36. The van der Waals surface area contributed by atoms with Crippen LogP contribution in [0.1, 0.15) is 32.4 Å². The molecular formula is C16H22ClN3O3. The van der Waals surface area contributed by atoms with Crippen molar-refractivity contribution in [1.29, 1.82) is 0 Å². The van der Waals surface area contributed by atoms with Crippen molar-refractivity contribution in [2.24, 2.45) is 0 Å². The average molecular weight is 340 g/mol. The summed E-state index contributed by atoms with van der Waals surface area (Å²) < 4.78 is 5.27. The molecule has 3 unspecified atom stereocenters. The molecule has 2 rings (SSSR count). The number of amides is 2. The van der Waals surface area contributed by atoms with Crippen LogP contribution >= 0.6 is 11.6 Å². The molecule has 0 bridgehead atoms.